The maximum absolute atomic E-state index is 13.0. The molecule has 3 N–H and O–H groups in total. The molecule has 0 saturated carbocycles. The number of aliphatic hydroxyl groups is 1. The van der Waals surface area contributed by atoms with Gasteiger partial charge >= 0.3 is 39.5 Å². The molecule has 5 atom stereocenters. The summed E-state index contributed by atoms with van der Waals surface area (Å²) in [7, 11) is -9.89. The fourth-order valence-electron chi connectivity index (χ4n) is 10.3. The molecule has 2 unspecified atom stereocenters. The minimum atomic E-state index is -4.95. The summed E-state index contributed by atoms with van der Waals surface area (Å²) in [6, 6.07) is 0. The second-order valence-electron chi connectivity index (χ2n) is 25.0. The third kappa shape index (κ3) is 62.6. The van der Waals surface area contributed by atoms with Gasteiger partial charge in [0.05, 0.1) is 26.4 Å². The molecule has 0 bridgehead atoms. The lowest BCUT2D eigenvalue weighted by Crippen LogP contribution is -2.30. The standard InChI is InChI=1S/C68H132O17P2/c1-6-9-12-15-18-20-22-29-32-37-42-47-52-66(71)79-58-64(85-68(73)54-49-44-39-34-30-26-24-23-25-28-31-36-40-45-50-61(4)5)60-83-87(76,77)81-56-62(69)55-80-86(74,75)82-59-63(57-78-65(70)51-46-41-35-17-14-11-8-3)84-67(72)53-48-43-38-33-27-21-19-16-13-10-7-2/h61-64,69H,6-60H2,1-5H3,(H,74,75)(H,76,77)/t62-,63+,64+/m0/s1. The van der Waals surface area contributed by atoms with Gasteiger partial charge in [0.25, 0.3) is 0 Å². The average molecular weight is 1280 g/mol. The van der Waals surface area contributed by atoms with Crippen molar-refractivity contribution in [1.82, 2.24) is 0 Å². The molecule has 0 fully saturated rings. The molecular weight excluding hydrogens is 1150 g/mol. The molecule has 17 nitrogen and oxygen atoms in total. The number of phosphoric ester groups is 2. The highest BCUT2D eigenvalue weighted by molar-refractivity contribution is 7.47. The van der Waals surface area contributed by atoms with Gasteiger partial charge in [-0.1, -0.05) is 298 Å². The van der Waals surface area contributed by atoms with Gasteiger partial charge in [0.1, 0.15) is 19.3 Å². The van der Waals surface area contributed by atoms with Crippen molar-refractivity contribution >= 4 is 39.5 Å². The van der Waals surface area contributed by atoms with E-state index in [1.165, 1.54) is 161 Å². The maximum Gasteiger partial charge on any atom is 0.472 e. The quantitative estimate of drug-likeness (QED) is 0.0222. The first-order valence-electron chi connectivity index (χ1n) is 35.6. The molecule has 0 aromatic carbocycles. The fourth-order valence-corrected chi connectivity index (χ4v) is 11.9. The Balaban J connectivity index is 5.19. The van der Waals surface area contributed by atoms with E-state index in [0.717, 1.165) is 109 Å². The van der Waals surface area contributed by atoms with E-state index >= 15 is 0 Å². The highest BCUT2D eigenvalue weighted by Gasteiger charge is 2.30. The van der Waals surface area contributed by atoms with Gasteiger partial charge in [-0.3, -0.25) is 37.3 Å². The van der Waals surface area contributed by atoms with Crippen LogP contribution >= 0.6 is 15.6 Å². The molecule has 0 radical (unpaired) electrons. The van der Waals surface area contributed by atoms with Crippen LogP contribution in [0.25, 0.3) is 0 Å². The summed E-state index contributed by atoms with van der Waals surface area (Å²) in [5.41, 5.74) is 0. The first kappa shape index (κ1) is 85.1. The van der Waals surface area contributed by atoms with Gasteiger partial charge in [-0.2, -0.15) is 0 Å². The molecule has 0 aliphatic rings. The lowest BCUT2D eigenvalue weighted by atomic mass is 10.0. The van der Waals surface area contributed by atoms with E-state index in [1.807, 2.05) is 0 Å². The number of esters is 4. The number of carbonyl (C=O) groups is 4. The zero-order chi connectivity index (χ0) is 64.2. The van der Waals surface area contributed by atoms with Crippen LogP contribution in [0.5, 0.6) is 0 Å². The Labute approximate surface area is 530 Å². The van der Waals surface area contributed by atoms with Gasteiger partial charge in [0.15, 0.2) is 12.2 Å². The average Bonchev–Trinajstić information content (AvgIpc) is 3.59. The third-order valence-electron chi connectivity index (χ3n) is 15.8. The van der Waals surface area contributed by atoms with Crippen molar-refractivity contribution in [3.63, 3.8) is 0 Å². The molecule has 0 spiro atoms. The van der Waals surface area contributed by atoms with Crippen LogP contribution in [-0.4, -0.2) is 96.7 Å². The maximum atomic E-state index is 13.0. The number of unbranched alkanes of at least 4 members (excludes halogenated alkanes) is 40. The van der Waals surface area contributed by atoms with Crippen molar-refractivity contribution in [3.8, 4) is 0 Å². The molecule has 0 heterocycles. The number of hydrogen-bond donors (Lipinski definition) is 3. The number of rotatable bonds is 68. The molecule has 0 amide bonds. The predicted octanol–water partition coefficient (Wildman–Crippen LogP) is 19.4. The van der Waals surface area contributed by atoms with Crippen molar-refractivity contribution in [2.24, 2.45) is 5.92 Å². The molecule has 0 aliphatic carbocycles. The lowest BCUT2D eigenvalue weighted by molar-refractivity contribution is -0.161. The molecule has 0 aliphatic heterocycles. The zero-order valence-corrected chi connectivity index (χ0v) is 57.9. The molecule has 0 saturated heterocycles. The van der Waals surface area contributed by atoms with E-state index in [0.29, 0.717) is 25.7 Å². The van der Waals surface area contributed by atoms with Crippen molar-refractivity contribution < 1.29 is 80.2 Å². The van der Waals surface area contributed by atoms with Crippen molar-refractivity contribution in [2.45, 2.75) is 368 Å². The van der Waals surface area contributed by atoms with Crippen LogP contribution in [0, 0.1) is 5.92 Å². The van der Waals surface area contributed by atoms with Gasteiger partial charge in [-0.05, 0) is 31.6 Å². The Kier molecular flexibility index (Phi) is 60.2. The number of ether oxygens (including phenoxy) is 4. The van der Waals surface area contributed by atoms with Crippen LogP contribution in [0.2, 0.25) is 0 Å². The smallest absolute Gasteiger partial charge is 0.462 e. The van der Waals surface area contributed by atoms with E-state index in [4.69, 9.17) is 37.0 Å². The highest BCUT2D eigenvalue weighted by Crippen LogP contribution is 2.45. The van der Waals surface area contributed by atoms with Gasteiger partial charge in [-0.15, -0.1) is 0 Å². The molecule has 0 aromatic heterocycles. The second kappa shape index (κ2) is 61.6. The van der Waals surface area contributed by atoms with E-state index in [2.05, 4.69) is 34.6 Å². The Bertz CT molecular complexity index is 1690. The van der Waals surface area contributed by atoms with E-state index in [1.54, 1.807) is 0 Å². The topological polar surface area (TPSA) is 237 Å². The van der Waals surface area contributed by atoms with Gasteiger partial charge in [-0.25, -0.2) is 9.13 Å². The summed E-state index contributed by atoms with van der Waals surface area (Å²) in [4.78, 5) is 72.3. The number of hydrogen-bond acceptors (Lipinski definition) is 15. The Hall–Kier alpha value is -1.94. The zero-order valence-electron chi connectivity index (χ0n) is 56.2. The van der Waals surface area contributed by atoms with Crippen LogP contribution in [0.15, 0.2) is 0 Å². The Morgan fingerprint density at radius 1 is 0.310 bits per heavy atom. The van der Waals surface area contributed by atoms with Gasteiger partial charge in [0, 0.05) is 25.7 Å². The molecule has 87 heavy (non-hydrogen) atoms. The van der Waals surface area contributed by atoms with Gasteiger partial charge in [0.2, 0.25) is 0 Å². The van der Waals surface area contributed by atoms with E-state index in [9.17, 15) is 43.2 Å². The summed E-state index contributed by atoms with van der Waals surface area (Å²) < 4.78 is 68.1. The van der Waals surface area contributed by atoms with Gasteiger partial charge < -0.3 is 33.8 Å². The number of phosphoric acid groups is 2. The summed E-state index contributed by atoms with van der Waals surface area (Å²) in [5, 5.41) is 10.6. The number of aliphatic hydroxyl groups excluding tert-OH is 1. The van der Waals surface area contributed by atoms with Crippen LogP contribution in [0.3, 0.4) is 0 Å². The summed E-state index contributed by atoms with van der Waals surface area (Å²) in [6.45, 7) is 7.21. The van der Waals surface area contributed by atoms with E-state index < -0.39 is 97.5 Å². The fraction of sp³-hybridized carbons (Fsp3) is 0.941. The van der Waals surface area contributed by atoms with Crippen LogP contribution in [0.1, 0.15) is 349 Å². The molecule has 0 rings (SSSR count). The first-order valence-corrected chi connectivity index (χ1v) is 38.6. The SMILES string of the molecule is CCCCCCCCCCCCCCC(=O)OC[C@H](COP(=O)(O)OC[C@@H](O)COP(=O)(O)OC[C@@H](COC(=O)CCCCCCCCC)OC(=O)CCCCCCCCCCCCC)OC(=O)CCCCCCCCCCCCCCCCC(C)C. The first-order chi connectivity index (χ1) is 42.0. The van der Waals surface area contributed by atoms with Crippen LogP contribution in [-0.2, 0) is 65.4 Å². The lowest BCUT2D eigenvalue weighted by Gasteiger charge is -2.21. The van der Waals surface area contributed by atoms with Crippen molar-refractivity contribution in [3.05, 3.63) is 0 Å². The minimum Gasteiger partial charge on any atom is -0.462 e. The Morgan fingerprint density at radius 2 is 0.529 bits per heavy atom. The van der Waals surface area contributed by atoms with Crippen LogP contribution < -0.4 is 0 Å². The molecule has 19 heteroatoms. The Morgan fingerprint density at radius 3 is 0.782 bits per heavy atom. The largest absolute Gasteiger partial charge is 0.472 e. The summed E-state index contributed by atoms with van der Waals surface area (Å²) in [5.74, 6) is -1.33. The van der Waals surface area contributed by atoms with Crippen molar-refractivity contribution in [2.75, 3.05) is 39.6 Å². The monoisotopic (exact) mass is 1280 g/mol. The second-order valence-corrected chi connectivity index (χ2v) is 27.9. The highest BCUT2D eigenvalue weighted by atomic mass is 31.2. The molecule has 516 valence electrons. The molecular formula is C68H132O17P2. The summed E-state index contributed by atoms with van der Waals surface area (Å²) >= 11 is 0. The van der Waals surface area contributed by atoms with E-state index in [-0.39, 0.29) is 25.7 Å². The predicted molar refractivity (Wildman–Crippen MR) is 349 cm³/mol. The normalized spacial score (nSPS) is 14.1. The van der Waals surface area contributed by atoms with Crippen LogP contribution in [0.4, 0.5) is 0 Å². The third-order valence-corrected chi connectivity index (χ3v) is 17.7. The molecule has 0 aromatic rings. The number of carbonyl (C=O) groups excluding carboxylic acids is 4. The minimum absolute atomic E-state index is 0.107. The van der Waals surface area contributed by atoms with Crippen molar-refractivity contribution in [1.29, 1.82) is 0 Å². The summed E-state index contributed by atoms with van der Waals surface area (Å²) in [6.07, 6.45) is 47.2.